The van der Waals surface area contributed by atoms with Crippen LogP contribution in [-0.2, 0) is 4.79 Å². The molecule has 0 spiro atoms. The van der Waals surface area contributed by atoms with Crippen LogP contribution in [0.3, 0.4) is 0 Å². The van der Waals surface area contributed by atoms with Crippen LogP contribution in [0.1, 0.15) is 6.42 Å². The predicted molar refractivity (Wildman–Crippen MR) is 77.2 cm³/mol. The number of ether oxygens (including phenoxy) is 1. The van der Waals surface area contributed by atoms with Gasteiger partial charge in [-0.25, -0.2) is 0 Å². The number of rotatable bonds is 4. The van der Waals surface area contributed by atoms with E-state index in [-0.39, 0.29) is 11.7 Å². The van der Waals surface area contributed by atoms with Crippen molar-refractivity contribution in [1.29, 1.82) is 0 Å². The van der Waals surface area contributed by atoms with Crippen LogP contribution in [0.5, 0.6) is 11.5 Å². The Bertz CT molecular complexity index is 457. The average molecular weight is 279 g/mol. The van der Waals surface area contributed by atoms with Crippen LogP contribution in [0.15, 0.2) is 18.2 Å². The molecule has 0 atom stereocenters. The summed E-state index contributed by atoms with van der Waals surface area (Å²) in [6, 6.07) is 4.82. The maximum atomic E-state index is 12.0. The van der Waals surface area contributed by atoms with Crippen molar-refractivity contribution in [3.8, 4) is 11.5 Å². The number of methoxy groups -OCH3 is 1. The zero-order valence-corrected chi connectivity index (χ0v) is 11.7. The Morgan fingerprint density at radius 2 is 2.30 bits per heavy atom. The molecule has 0 aliphatic carbocycles. The Balaban J connectivity index is 1.88. The van der Waals surface area contributed by atoms with Crippen LogP contribution < -0.4 is 15.4 Å². The Morgan fingerprint density at radius 1 is 1.45 bits per heavy atom. The molecule has 3 N–H and O–H groups in total. The van der Waals surface area contributed by atoms with E-state index in [9.17, 15) is 9.90 Å². The summed E-state index contributed by atoms with van der Waals surface area (Å²) in [6.07, 6.45) is 1.05. The number of amides is 1. The second kappa shape index (κ2) is 7.12. The van der Waals surface area contributed by atoms with Crippen LogP contribution in [0.25, 0.3) is 0 Å². The highest BCUT2D eigenvalue weighted by molar-refractivity contribution is 5.92. The number of nitrogens with one attached hydrogen (secondary N) is 2. The summed E-state index contributed by atoms with van der Waals surface area (Å²) in [7, 11) is 1.49. The summed E-state index contributed by atoms with van der Waals surface area (Å²) < 4.78 is 4.96. The molecule has 1 saturated heterocycles. The number of hydrogen-bond acceptors (Lipinski definition) is 5. The highest BCUT2D eigenvalue weighted by Gasteiger charge is 2.13. The highest BCUT2D eigenvalue weighted by atomic mass is 16.5. The van der Waals surface area contributed by atoms with Gasteiger partial charge in [0, 0.05) is 24.8 Å². The lowest BCUT2D eigenvalue weighted by Gasteiger charge is -2.18. The quantitative estimate of drug-likeness (QED) is 0.754. The largest absolute Gasteiger partial charge is 0.504 e. The van der Waals surface area contributed by atoms with E-state index < -0.39 is 0 Å². The number of phenols is 1. The summed E-state index contributed by atoms with van der Waals surface area (Å²) in [6.45, 7) is 4.09. The molecule has 2 rings (SSSR count). The van der Waals surface area contributed by atoms with Gasteiger partial charge in [-0.15, -0.1) is 0 Å². The van der Waals surface area contributed by atoms with E-state index in [2.05, 4.69) is 15.5 Å². The molecule has 0 bridgehead atoms. The molecule has 1 aliphatic rings. The zero-order valence-electron chi connectivity index (χ0n) is 11.7. The third kappa shape index (κ3) is 4.11. The minimum Gasteiger partial charge on any atom is -0.504 e. The molecule has 0 saturated carbocycles. The summed E-state index contributed by atoms with van der Waals surface area (Å²) in [4.78, 5) is 14.1. The van der Waals surface area contributed by atoms with Gasteiger partial charge in [-0.05, 0) is 31.6 Å². The molecule has 0 unspecified atom stereocenters. The van der Waals surface area contributed by atoms with Gasteiger partial charge in [0.2, 0.25) is 5.91 Å². The van der Waals surface area contributed by atoms with E-state index >= 15 is 0 Å². The van der Waals surface area contributed by atoms with Gasteiger partial charge >= 0.3 is 0 Å². The van der Waals surface area contributed by atoms with Crippen molar-refractivity contribution in [1.82, 2.24) is 10.2 Å². The van der Waals surface area contributed by atoms with Crippen LogP contribution in [0.4, 0.5) is 5.69 Å². The van der Waals surface area contributed by atoms with Gasteiger partial charge in [-0.2, -0.15) is 0 Å². The summed E-state index contributed by atoms with van der Waals surface area (Å²) in [5.41, 5.74) is 0.571. The van der Waals surface area contributed by atoms with Crippen molar-refractivity contribution >= 4 is 11.6 Å². The van der Waals surface area contributed by atoms with Crippen LogP contribution in [0, 0.1) is 0 Å². The lowest BCUT2D eigenvalue weighted by Crippen LogP contribution is -2.35. The molecule has 20 heavy (non-hydrogen) atoms. The molecule has 110 valence electrons. The molecule has 1 fully saturated rings. The standard InChI is InChI=1S/C14H21N3O3/c1-20-13-4-3-11(9-12(13)18)16-14(19)10-17-7-2-5-15-6-8-17/h3-4,9,15,18H,2,5-8,10H2,1H3,(H,16,19). The van der Waals surface area contributed by atoms with Gasteiger partial charge in [0.05, 0.1) is 13.7 Å². The number of aromatic hydroxyl groups is 1. The Kier molecular flexibility index (Phi) is 5.20. The topological polar surface area (TPSA) is 73.8 Å². The lowest BCUT2D eigenvalue weighted by molar-refractivity contribution is -0.117. The zero-order chi connectivity index (χ0) is 14.4. The van der Waals surface area contributed by atoms with Gasteiger partial charge in [-0.1, -0.05) is 0 Å². The molecule has 1 aliphatic heterocycles. The number of nitrogens with zero attached hydrogens (tertiary/aromatic N) is 1. The average Bonchev–Trinajstić information content (AvgIpc) is 2.67. The highest BCUT2D eigenvalue weighted by Crippen LogP contribution is 2.28. The first-order valence-electron chi connectivity index (χ1n) is 6.79. The van der Waals surface area contributed by atoms with E-state index in [4.69, 9.17) is 4.74 Å². The second-order valence-corrected chi connectivity index (χ2v) is 4.81. The molecule has 1 amide bonds. The fraction of sp³-hybridized carbons (Fsp3) is 0.500. The smallest absolute Gasteiger partial charge is 0.238 e. The number of carbonyl (C=O) groups excluding carboxylic acids is 1. The number of benzene rings is 1. The first-order valence-corrected chi connectivity index (χ1v) is 6.79. The van der Waals surface area contributed by atoms with Crippen LogP contribution in [-0.4, -0.2) is 55.7 Å². The molecule has 1 heterocycles. The first-order chi connectivity index (χ1) is 9.69. The Hall–Kier alpha value is -1.79. The van der Waals surface area contributed by atoms with Gasteiger partial charge in [-0.3, -0.25) is 9.69 Å². The molecule has 1 aromatic carbocycles. The summed E-state index contributed by atoms with van der Waals surface area (Å²) >= 11 is 0. The minimum absolute atomic E-state index is 0.0178. The fourth-order valence-corrected chi connectivity index (χ4v) is 2.23. The minimum atomic E-state index is -0.0727. The van der Waals surface area contributed by atoms with Gasteiger partial charge < -0.3 is 20.5 Å². The maximum Gasteiger partial charge on any atom is 0.238 e. The van der Waals surface area contributed by atoms with Crippen molar-refractivity contribution in [2.45, 2.75) is 6.42 Å². The SMILES string of the molecule is COc1ccc(NC(=O)CN2CCCNCC2)cc1O. The van der Waals surface area contributed by atoms with E-state index in [1.54, 1.807) is 12.1 Å². The maximum absolute atomic E-state index is 12.0. The van der Waals surface area contributed by atoms with Crippen molar-refractivity contribution < 1.29 is 14.6 Å². The van der Waals surface area contributed by atoms with Gasteiger partial charge in [0.25, 0.3) is 0 Å². The van der Waals surface area contributed by atoms with E-state index in [1.165, 1.54) is 13.2 Å². The van der Waals surface area contributed by atoms with Crippen molar-refractivity contribution in [2.24, 2.45) is 0 Å². The van der Waals surface area contributed by atoms with E-state index in [1.807, 2.05) is 0 Å². The van der Waals surface area contributed by atoms with Gasteiger partial charge in [0.1, 0.15) is 0 Å². The monoisotopic (exact) mass is 279 g/mol. The number of phenolic OH excluding ortho intramolecular Hbond substituents is 1. The normalized spacial score (nSPS) is 16.4. The number of hydrogen-bond donors (Lipinski definition) is 3. The third-order valence-corrected chi connectivity index (χ3v) is 3.26. The van der Waals surface area contributed by atoms with Crippen molar-refractivity contribution in [2.75, 3.05) is 45.2 Å². The number of carbonyl (C=O) groups is 1. The van der Waals surface area contributed by atoms with E-state index in [0.29, 0.717) is 18.0 Å². The summed E-state index contributed by atoms with van der Waals surface area (Å²) in [5, 5.41) is 15.8. The van der Waals surface area contributed by atoms with Crippen molar-refractivity contribution in [3.63, 3.8) is 0 Å². The molecule has 0 aromatic heterocycles. The molecule has 0 radical (unpaired) electrons. The van der Waals surface area contributed by atoms with E-state index in [0.717, 1.165) is 32.6 Å². The first kappa shape index (κ1) is 14.6. The molecule has 6 nitrogen and oxygen atoms in total. The molecular weight excluding hydrogens is 258 g/mol. The van der Waals surface area contributed by atoms with Crippen LogP contribution >= 0.6 is 0 Å². The Morgan fingerprint density at radius 3 is 3.05 bits per heavy atom. The molecule has 1 aromatic rings. The van der Waals surface area contributed by atoms with Gasteiger partial charge in [0.15, 0.2) is 11.5 Å². The number of anilines is 1. The predicted octanol–water partition coefficient (Wildman–Crippen LogP) is 0.635. The fourth-order valence-electron chi connectivity index (χ4n) is 2.23. The molecular formula is C14H21N3O3. The second-order valence-electron chi connectivity index (χ2n) is 4.81. The van der Waals surface area contributed by atoms with Crippen molar-refractivity contribution in [3.05, 3.63) is 18.2 Å². The summed E-state index contributed by atoms with van der Waals surface area (Å²) in [5.74, 6) is 0.335. The lowest BCUT2D eigenvalue weighted by atomic mass is 10.2. The Labute approximate surface area is 118 Å². The van der Waals surface area contributed by atoms with Crippen LogP contribution in [0.2, 0.25) is 0 Å². The molecule has 6 heteroatoms. The third-order valence-electron chi connectivity index (χ3n) is 3.26.